The van der Waals surface area contributed by atoms with Crippen LogP contribution in [0.15, 0.2) is 0 Å². The molecule has 0 aromatic heterocycles. The maximum Gasteiger partial charge on any atom is 0.0916 e. The first-order valence-corrected chi connectivity index (χ1v) is 9.90. The zero-order valence-electron chi connectivity index (χ0n) is 13.6. The van der Waals surface area contributed by atoms with Crippen molar-refractivity contribution >= 4 is 10.1 Å². The number of rotatable bonds is 7. The van der Waals surface area contributed by atoms with E-state index in [4.69, 9.17) is 13.0 Å². The highest BCUT2D eigenvalue weighted by atomic mass is 32.2. The smallest absolute Gasteiger partial charge is 0.0916 e. The van der Waals surface area contributed by atoms with Crippen LogP contribution in [0.4, 0.5) is 0 Å². The summed E-state index contributed by atoms with van der Waals surface area (Å²) in [6, 6.07) is 0. The van der Waals surface area contributed by atoms with E-state index in [2.05, 4.69) is 13.8 Å². The molecule has 0 N–H and O–H groups in total. The predicted octanol–water partition coefficient (Wildman–Crippen LogP) is 3.14. The summed E-state index contributed by atoms with van der Waals surface area (Å²) in [5.41, 5.74) is 0. The van der Waals surface area contributed by atoms with Crippen molar-refractivity contribution in [3.05, 3.63) is 0 Å². The summed E-state index contributed by atoms with van der Waals surface area (Å²) in [7, 11) is -3.92. The van der Waals surface area contributed by atoms with Crippen LogP contribution in [0.25, 0.3) is 0 Å². The molecule has 122 valence electrons. The van der Waals surface area contributed by atoms with Crippen molar-refractivity contribution < 1.29 is 17.5 Å². The number of hydrogen-bond acceptors (Lipinski definition) is 3. The van der Waals surface area contributed by atoms with E-state index in [1.165, 1.54) is 82.0 Å². The van der Waals surface area contributed by atoms with Gasteiger partial charge in [0.25, 0.3) is 0 Å². The van der Waals surface area contributed by atoms with Gasteiger partial charge in [0.1, 0.15) is 0 Å². The predicted molar refractivity (Wildman–Crippen MR) is 83.6 cm³/mol. The number of likely N-dealkylation sites (tertiary alicyclic amines) is 1. The minimum Gasteiger partial charge on any atom is -0.748 e. The van der Waals surface area contributed by atoms with Gasteiger partial charge in [-0.3, -0.25) is 0 Å². The highest BCUT2D eigenvalue weighted by Gasteiger charge is 2.26. The highest BCUT2D eigenvalue weighted by molar-refractivity contribution is 7.84. The van der Waals surface area contributed by atoms with Crippen LogP contribution in [0.1, 0.15) is 65.2 Å². The van der Waals surface area contributed by atoms with E-state index in [9.17, 15) is 0 Å². The van der Waals surface area contributed by atoms with Crippen molar-refractivity contribution in [3.63, 3.8) is 0 Å². The Labute approximate surface area is 125 Å². The largest absolute Gasteiger partial charge is 0.748 e. The summed E-state index contributed by atoms with van der Waals surface area (Å²) in [6.07, 6.45) is 12.2. The van der Waals surface area contributed by atoms with E-state index in [0.717, 1.165) is 0 Å². The fourth-order valence-corrected chi connectivity index (χ4v) is 2.93. The first-order valence-electron chi connectivity index (χ1n) is 8.09. The van der Waals surface area contributed by atoms with Crippen molar-refractivity contribution in [1.82, 2.24) is 0 Å². The van der Waals surface area contributed by atoms with Gasteiger partial charge in [-0.1, -0.05) is 26.2 Å². The molecule has 0 aromatic carbocycles. The van der Waals surface area contributed by atoms with E-state index < -0.39 is 10.1 Å². The van der Waals surface area contributed by atoms with E-state index in [1.807, 2.05) is 0 Å². The molecule has 4 nitrogen and oxygen atoms in total. The van der Waals surface area contributed by atoms with E-state index >= 15 is 0 Å². The zero-order valence-corrected chi connectivity index (χ0v) is 14.4. The summed E-state index contributed by atoms with van der Waals surface area (Å²) in [6.45, 7) is 10.4. The van der Waals surface area contributed by atoms with Gasteiger partial charge in [0.2, 0.25) is 0 Å². The Morgan fingerprint density at radius 1 is 0.950 bits per heavy atom. The molecular formula is C15H33NO3S. The van der Waals surface area contributed by atoms with Crippen molar-refractivity contribution in [2.75, 3.05) is 32.4 Å². The van der Waals surface area contributed by atoms with Gasteiger partial charge in [-0.15, -0.1) is 0 Å². The fourth-order valence-electron chi connectivity index (χ4n) is 2.93. The van der Waals surface area contributed by atoms with Gasteiger partial charge >= 0.3 is 0 Å². The van der Waals surface area contributed by atoms with Gasteiger partial charge in [0.05, 0.1) is 36.3 Å². The Bertz CT molecular complexity index is 314. The van der Waals surface area contributed by atoms with E-state index in [0.29, 0.717) is 6.26 Å². The molecule has 1 fully saturated rings. The number of quaternary nitrogens is 1. The molecule has 0 bridgehead atoms. The van der Waals surface area contributed by atoms with Crippen LogP contribution < -0.4 is 0 Å². The van der Waals surface area contributed by atoms with E-state index in [-0.39, 0.29) is 0 Å². The molecule has 5 heteroatoms. The lowest BCUT2D eigenvalue weighted by Crippen LogP contribution is -2.51. The molecule has 0 amide bonds. The second-order valence-electron chi connectivity index (χ2n) is 6.01. The maximum absolute atomic E-state index is 9.08. The molecular weight excluding hydrogens is 274 g/mol. The highest BCUT2D eigenvalue weighted by Crippen LogP contribution is 2.20. The molecule has 0 unspecified atom stereocenters. The quantitative estimate of drug-likeness (QED) is 0.412. The Morgan fingerprint density at radius 3 is 1.90 bits per heavy atom. The number of piperidine rings is 1. The van der Waals surface area contributed by atoms with Gasteiger partial charge in [-0.25, -0.2) is 8.42 Å². The summed E-state index contributed by atoms with van der Waals surface area (Å²) >= 11 is 0. The Balaban J connectivity index is 0.000000621. The van der Waals surface area contributed by atoms with Crippen LogP contribution in [-0.2, 0) is 10.1 Å². The lowest BCUT2D eigenvalue weighted by atomic mass is 10.1. The van der Waals surface area contributed by atoms with Gasteiger partial charge in [-0.05, 0) is 39.0 Å². The Kier molecular flexibility index (Phi) is 10.5. The molecule has 1 aliphatic heterocycles. The molecule has 0 radical (unpaired) electrons. The SMILES string of the molecule is CCCCCCC[N+]1(CC)CCCCC1.CS(=O)(=O)[O-]. The minimum absolute atomic E-state index is 0.604. The Morgan fingerprint density at radius 2 is 1.45 bits per heavy atom. The average Bonchev–Trinajstić information content (AvgIpc) is 2.38. The molecule has 0 aromatic rings. The van der Waals surface area contributed by atoms with Crippen LogP contribution >= 0.6 is 0 Å². The van der Waals surface area contributed by atoms with Crippen molar-refractivity contribution in [1.29, 1.82) is 0 Å². The van der Waals surface area contributed by atoms with E-state index in [1.54, 1.807) is 0 Å². The van der Waals surface area contributed by atoms with Crippen LogP contribution in [0.5, 0.6) is 0 Å². The van der Waals surface area contributed by atoms with Crippen LogP contribution in [0, 0.1) is 0 Å². The standard InChI is InChI=1S/C14H30N.CH4O3S/c1-3-5-6-7-9-12-15(4-2)13-10-8-11-14-15;1-5(2,3)4/h3-14H2,1-2H3;1H3,(H,2,3,4)/q+1;/p-1. The molecule has 0 atom stereocenters. The van der Waals surface area contributed by atoms with Crippen LogP contribution in [0.3, 0.4) is 0 Å². The third-order valence-corrected chi connectivity index (χ3v) is 4.17. The van der Waals surface area contributed by atoms with Gasteiger partial charge in [0, 0.05) is 6.26 Å². The number of hydrogen-bond donors (Lipinski definition) is 0. The zero-order chi connectivity index (χ0) is 15.5. The fraction of sp³-hybridized carbons (Fsp3) is 1.00. The molecule has 20 heavy (non-hydrogen) atoms. The summed E-state index contributed by atoms with van der Waals surface area (Å²) in [5, 5.41) is 0. The van der Waals surface area contributed by atoms with Gasteiger partial charge in [-0.2, -0.15) is 0 Å². The molecule has 0 saturated carbocycles. The summed E-state index contributed by atoms with van der Waals surface area (Å²) in [4.78, 5) is 0. The second kappa shape index (κ2) is 10.6. The van der Waals surface area contributed by atoms with Crippen LogP contribution in [0.2, 0.25) is 0 Å². The third kappa shape index (κ3) is 11.7. The molecule has 1 heterocycles. The summed E-state index contributed by atoms with van der Waals surface area (Å²) < 4.78 is 28.7. The maximum atomic E-state index is 9.08. The minimum atomic E-state index is -3.92. The molecule has 1 rings (SSSR count). The normalized spacial score (nSPS) is 18.2. The lowest BCUT2D eigenvalue weighted by Gasteiger charge is -2.41. The molecule has 0 aliphatic carbocycles. The topological polar surface area (TPSA) is 57.2 Å². The average molecular weight is 308 g/mol. The van der Waals surface area contributed by atoms with Gasteiger partial charge in [0.15, 0.2) is 0 Å². The number of unbranched alkanes of at least 4 members (excludes halogenated alkanes) is 4. The number of nitrogens with zero attached hydrogens (tertiary/aromatic N) is 1. The van der Waals surface area contributed by atoms with Crippen molar-refractivity contribution in [3.8, 4) is 0 Å². The van der Waals surface area contributed by atoms with Crippen molar-refractivity contribution in [2.45, 2.75) is 65.2 Å². The first-order chi connectivity index (χ1) is 9.33. The molecule has 0 spiro atoms. The Hall–Kier alpha value is -0.130. The summed E-state index contributed by atoms with van der Waals surface area (Å²) in [5.74, 6) is 0. The molecule has 1 saturated heterocycles. The van der Waals surface area contributed by atoms with Crippen molar-refractivity contribution in [2.24, 2.45) is 0 Å². The molecule has 1 aliphatic rings. The second-order valence-corrected chi connectivity index (χ2v) is 7.42. The first kappa shape index (κ1) is 19.9. The van der Waals surface area contributed by atoms with Gasteiger partial charge < -0.3 is 9.04 Å². The third-order valence-electron chi connectivity index (χ3n) is 4.17. The monoisotopic (exact) mass is 307 g/mol. The lowest BCUT2D eigenvalue weighted by molar-refractivity contribution is -0.931. The van der Waals surface area contributed by atoms with Crippen LogP contribution in [-0.4, -0.2) is 49.9 Å².